The molecule has 0 bridgehead atoms. The summed E-state index contributed by atoms with van der Waals surface area (Å²) in [5, 5.41) is 10.1. The maximum atomic E-state index is 8.33. The van der Waals surface area contributed by atoms with Gasteiger partial charge in [0, 0.05) is 0 Å². The van der Waals surface area contributed by atoms with E-state index in [1.165, 1.54) is 0 Å². The SMILES string of the molecule is C#[N+][O-].N. The first kappa shape index (κ1) is 10.5. The largest absolute Gasteiger partial charge is 0.499 e. The second kappa shape index (κ2) is 56.2. The van der Waals surface area contributed by atoms with Crippen molar-refractivity contribution in [3.05, 3.63) is 10.2 Å². The van der Waals surface area contributed by atoms with Crippen molar-refractivity contribution in [1.29, 1.82) is 0 Å². The van der Waals surface area contributed by atoms with Crippen LogP contribution in [0.2, 0.25) is 0 Å². The molecule has 0 fully saturated rings. The number of nitrogens with zero attached hydrogens (tertiary/aromatic N) is 1. The van der Waals surface area contributed by atoms with E-state index in [1.807, 2.05) is 0 Å². The average molecular weight is 60.1 g/mol. The van der Waals surface area contributed by atoms with Crippen LogP contribution in [0.25, 0.3) is 5.01 Å². The molecule has 0 saturated heterocycles. The molecule has 0 radical (unpaired) electrons. The minimum atomic E-state index is 0. The van der Waals surface area contributed by atoms with Crippen LogP contribution in [0.1, 0.15) is 0 Å². The van der Waals surface area contributed by atoms with E-state index in [4.69, 9.17) is 5.21 Å². The third kappa shape index (κ3) is 0.139. The average Bonchev–Trinajstić information content (AvgIpc) is 0.918. The van der Waals surface area contributed by atoms with E-state index in [1.54, 1.807) is 5.01 Å². The van der Waals surface area contributed by atoms with E-state index in [9.17, 15) is 0 Å². The summed E-state index contributed by atoms with van der Waals surface area (Å²) < 4.78 is 0. The van der Waals surface area contributed by atoms with Crippen LogP contribution in [0.3, 0.4) is 0 Å². The van der Waals surface area contributed by atoms with Crippen LogP contribution in [0.15, 0.2) is 0 Å². The molecule has 0 unspecified atom stereocenters. The number of hydrogen-bond donors (Lipinski definition) is 1. The minimum absolute atomic E-state index is 0. The van der Waals surface area contributed by atoms with Crippen LogP contribution in [0.4, 0.5) is 0 Å². The molecule has 0 aromatic rings. The molecule has 4 heavy (non-hydrogen) atoms. The Labute approximate surface area is 24.2 Å². The van der Waals surface area contributed by atoms with E-state index >= 15 is 0 Å². The van der Waals surface area contributed by atoms with Crippen molar-refractivity contribution in [2.75, 3.05) is 0 Å². The highest BCUT2D eigenvalue weighted by Crippen LogP contribution is 1.32. The molecule has 3 nitrogen and oxygen atoms in total. The zero-order chi connectivity index (χ0) is 2.71. The third-order valence-corrected chi connectivity index (χ3v) is 0. The summed E-state index contributed by atoms with van der Waals surface area (Å²) >= 11 is 0. The Hall–Kier alpha value is -0.750. The summed E-state index contributed by atoms with van der Waals surface area (Å²) in [5.41, 5.74) is 0. The Morgan fingerprint density at radius 3 is 1.75 bits per heavy atom. The number of hydrogen-bond acceptors (Lipinski definition) is 2. The summed E-state index contributed by atoms with van der Waals surface area (Å²) in [6, 6.07) is 0. The van der Waals surface area contributed by atoms with Gasteiger partial charge in [0.15, 0.2) is 0 Å². The van der Waals surface area contributed by atoms with Gasteiger partial charge in [0.1, 0.15) is 0 Å². The topological polar surface area (TPSA) is 62.4 Å². The van der Waals surface area contributed by atoms with Crippen LogP contribution in [-0.4, -0.2) is 0 Å². The van der Waals surface area contributed by atoms with Gasteiger partial charge >= 0.3 is 0 Å². The van der Waals surface area contributed by atoms with Gasteiger partial charge in [-0.3, -0.25) is 0 Å². The molecule has 0 spiro atoms. The summed E-state index contributed by atoms with van der Waals surface area (Å²) in [5.74, 6) is 0. The van der Waals surface area contributed by atoms with Crippen molar-refractivity contribution in [2.45, 2.75) is 0 Å². The van der Waals surface area contributed by atoms with Crippen molar-refractivity contribution >= 4 is 0 Å². The van der Waals surface area contributed by atoms with E-state index in [-0.39, 0.29) is 6.15 Å². The molecule has 0 aliphatic rings. The zero-order valence-corrected chi connectivity index (χ0v) is 2.14. The van der Waals surface area contributed by atoms with Crippen LogP contribution in [0.5, 0.6) is 0 Å². The summed E-state index contributed by atoms with van der Waals surface area (Å²) in [6.07, 6.45) is 0. The van der Waals surface area contributed by atoms with Gasteiger partial charge in [-0.1, -0.05) is 0 Å². The Morgan fingerprint density at radius 1 is 1.75 bits per heavy atom. The fraction of sp³-hybridized carbons (Fsp3) is 0. The highest BCUT2D eigenvalue weighted by atomic mass is 16.4. The Bertz CT molecular complexity index is 27.5. The van der Waals surface area contributed by atoms with Crippen LogP contribution in [0, 0.1) is 11.8 Å². The molecule has 0 aromatic heterocycles. The minimum Gasteiger partial charge on any atom is -0.499 e. The summed E-state index contributed by atoms with van der Waals surface area (Å²) in [7, 11) is 0. The first-order valence-electron chi connectivity index (χ1n) is 0.441. The van der Waals surface area contributed by atoms with Gasteiger partial charge < -0.3 is 11.4 Å². The lowest BCUT2D eigenvalue weighted by Gasteiger charge is -1.36. The number of rotatable bonds is 0. The van der Waals surface area contributed by atoms with Gasteiger partial charge in [0.25, 0.3) is 6.57 Å². The predicted molar refractivity (Wildman–Crippen MR) is 16.7 cm³/mol. The Morgan fingerprint density at radius 2 is 1.75 bits per heavy atom. The molecule has 0 heterocycles. The fourth-order valence-electron chi connectivity index (χ4n) is 0. The molecule has 0 aliphatic carbocycles. The molecule has 24 valence electrons. The van der Waals surface area contributed by atoms with E-state index in [2.05, 4.69) is 6.57 Å². The van der Waals surface area contributed by atoms with Crippen molar-refractivity contribution in [3.8, 4) is 6.57 Å². The standard InChI is InChI=1S/CHNO.H3N/c1-2-3;/h1H;1H3. The summed E-state index contributed by atoms with van der Waals surface area (Å²) in [6.45, 7) is 3.92. The smallest absolute Gasteiger partial charge is 0.283 e. The molecule has 0 amide bonds. The normalized spacial score (nSPS) is 1.75. The van der Waals surface area contributed by atoms with E-state index in [0.29, 0.717) is 0 Å². The molecule has 3 heteroatoms. The van der Waals surface area contributed by atoms with E-state index in [0.717, 1.165) is 0 Å². The van der Waals surface area contributed by atoms with E-state index < -0.39 is 0 Å². The molecular weight excluding hydrogens is 56.0 g/mol. The van der Waals surface area contributed by atoms with Crippen molar-refractivity contribution in [2.24, 2.45) is 0 Å². The van der Waals surface area contributed by atoms with Gasteiger partial charge in [-0.25, -0.2) is 0 Å². The quantitative estimate of drug-likeness (QED) is 0.416. The lowest BCUT2D eigenvalue weighted by atomic mass is 11.8. The molecule has 0 aromatic carbocycles. The molecule has 0 rings (SSSR count). The van der Waals surface area contributed by atoms with Gasteiger partial charge in [-0.15, -0.1) is 0 Å². The van der Waals surface area contributed by atoms with Gasteiger partial charge in [-0.2, -0.15) is 0 Å². The Kier molecular flexibility index (Phi) is 148. The monoisotopic (exact) mass is 60.0 g/mol. The maximum absolute atomic E-state index is 8.33. The second-order valence-electron chi connectivity index (χ2n) is 0.105. The molecule has 0 atom stereocenters. The van der Waals surface area contributed by atoms with Gasteiger partial charge in [0.05, 0.1) is 0 Å². The summed E-state index contributed by atoms with van der Waals surface area (Å²) in [4.78, 5) is 0. The van der Waals surface area contributed by atoms with Crippen LogP contribution < -0.4 is 6.15 Å². The highest BCUT2D eigenvalue weighted by molar-refractivity contribution is 4.62. The lowest BCUT2D eigenvalue weighted by Crippen LogP contribution is -1.00. The van der Waals surface area contributed by atoms with Gasteiger partial charge in [0.2, 0.25) is 0 Å². The molecule has 0 saturated carbocycles. The predicted octanol–water partition coefficient (Wildman–Crippen LogP) is 0.609. The van der Waals surface area contributed by atoms with Crippen LogP contribution in [-0.2, 0) is 0 Å². The second-order valence-corrected chi connectivity index (χ2v) is 0.105. The van der Waals surface area contributed by atoms with Gasteiger partial charge in [-0.05, 0) is 5.01 Å². The lowest BCUT2D eigenvalue weighted by molar-refractivity contribution is 2.13. The Balaban J connectivity index is 0. The molecule has 0 aliphatic heterocycles. The zero-order valence-electron chi connectivity index (χ0n) is 2.14. The first-order chi connectivity index (χ1) is 1.41. The first-order valence-corrected chi connectivity index (χ1v) is 0.441. The fourth-order valence-corrected chi connectivity index (χ4v) is 0. The molecular formula is CH4N2O. The highest BCUT2D eigenvalue weighted by Gasteiger charge is 1.07. The van der Waals surface area contributed by atoms with Crippen molar-refractivity contribution in [1.82, 2.24) is 6.15 Å². The van der Waals surface area contributed by atoms with Crippen LogP contribution >= 0.6 is 0 Å². The van der Waals surface area contributed by atoms with Crippen molar-refractivity contribution in [3.63, 3.8) is 0 Å². The maximum Gasteiger partial charge on any atom is 0.283 e. The third-order valence-electron chi connectivity index (χ3n) is 0. The molecule has 3 N–H and O–H groups in total. The van der Waals surface area contributed by atoms with Crippen molar-refractivity contribution < 1.29 is 0 Å².